The predicted octanol–water partition coefficient (Wildman–Crippen LogP) is 1.49. The van der Waals surface area contributed by atoms with E-state index in [1.165, 1.54) is 10.5 Å². The SMILES string of the molecule is Cc1ccc(SN2CCN(N)CC2)cc1. The van der Waals surface area contributed by atoms with Crippen LogP contribution in [0.3, 0.4) is 0 Å². The number of rotatable bonds is 2. The third-order valence-corrected chi connectivity index (χ3v) is 3.64. The quantitative estimate of drug-likeness (QED) is 0.608. The van der Waals surface area contributed by atoms with Crippen molar-refractivity contribution >= 4 is 11.9 Å². The lowest BCUT2D eigenvalue weighted by atomic mass is 10.2. The molecule has 1 aliphatic heterocycles. The van der Waals surface area contributed by atoms with Crippen LogP contribution in [0.5, 0.6) is 0 Å². The predicted molar refractivity (Wildman–Crippen MR) is 64.4 cm³/mol. The van der Waals surface area contributed by atoms with E-state index >= 15 is 0 Å². The highest BCUT2D eigenvalue weighted by Gasteiger charge is 2.14. The van der Waals surface area contributed by atoms with Crippen LogP contribution >= 0.6 is 11.9 Å². The zero-order chi connectivity index (χ0) is 10.7. The molecule has 0 saturated carbocycles. The molecule has 0 aliphatic carbocycles. The highest BCUT2D eigenvalue weighted by atomic mass is 32.2. The Bertz CT molecular complexity index is 304. The van der Waals surface area contributed by atoms with Gasteiger partial charge in [-0.2, -0.15) is 0 Å². The third-order valence-electron chi connectivity index (χ3n) is 2.53. The summed E-state index contributed by atoms with van der Waals surface area (Å²) in [5.41, 5.74) is 1.31. The van der Waals surface area contributed by atoms with E-state index in [-0.39, 0.29) is 0 Å². The van der Waals surface area contributed by atoms with E-state index in [1.807, 2.05) is 17.0 Å². The number of piperazine rings is 1. The van der Waals surface area contributed by atoms with E-state index in [2.05, 4.69) is 35.5 Å². The molecule has 3 nitrogen and oxygen atoms in total. The molecule has 0 radical (unpaired) electrons. The van der Waals surface area contributed by atoms with Crippen molar-refractivity contribution in [2.45, 2.75) is 11.8 Å². The molecule has 1 aliphatic rings. The number of hydrogen-bond donors (Lipinski definition) is 1. The van der Waals surface area contributed by atoms with E-state index in [9.17, 15) is 0 Å². The first-order valence-corrected chi connectivity index (χ1v) is 6.00. The van der Waals surface area contributed by atoms with Gasteiger partial charge >= 0.3 is 0 Å². The summed E-state index contributed by atoms with van der Waals surface area (Å²) in [5, 5.41) is 1.88. The van der Waals surface area contributed by atoms with E-state index in [4.69, 9.17) is 5.84 Å². The molecule has 0 spiro atoms. The standard InChI is InChI=1S/C11H17N3S/c1-10-2-4-11(5-3-10)15-14-8-6-13(12)7-9-14/h2-5H,6-9,12H2,1H3. The van der Waals surface area contributed by atoms with Crippen LogP contribution in [-0.2, 0) is 0 Å². The summed E-state index contributed by atoms with van der Waals surface area (Å²) in [4.78, 5) is 1.31. The zero-order valence-electron chi connectivity index (χ0n) is 9.02. The van der Waals surface area contributed by atoms with Gasteiger partial charge in [0.2, 0.25) is 0 Å². The molecule has 0 aromatic heterocycles. The van der Waals surface area contributed by atoms with Crippen molar-refractivity contribution in [2.24, 2.45) is 5.84 Å². The summed E-state index contributed by atoms with van der Waals surface area (Å²) in [6, 6.07) is 8.66. The minimum Gasteiger partial charge on any atom is -0.269 e. The van der Waals surface area contributed by atoms with Gasteiger partial charge < -0.3 is 0 Å². The molecule has 0 amide bonds. The normalized spacial score (nSPS) is 19.3. The first-order chi connectivity index (χ1) is 7.24. The van der Waals surface area contributed by atoms with Crippen molar-refractivity contribution in [1.82, 2.24) is 9.31 Å². The molecule has 0 atom stereocenters. The maximum absolute atomic E-state index is 5.71. The highest BCUT2D eigenvalue weighted by Crippen LogP contribution is 2.23. The van der Waals surface area contributed by atoms with Gasteiger partial charge in [-0.3, -0.25) is 5.84 Å². The lowest BCUT2D eigenvalue weighted by Crippen LogP contribution is -2.46. The van der Waals surface area contributed by atoms with Crippen LogP contribution in [0.15, 0.2) is 29.2 Å². The van der Waals surface area contributed by atoms with Crippen molar-refractivity contribution in [3.63, 3.8) is 0 Å². The fraction of sp³-hybridized carbons (Fsp3) is 0.455. The Labute approximate surface area is 95.3 Å². The fourth-order valence-corrected chi connectivity index (χ4v) is 2.44. The van der Waals surface area contributed by atoms with Gasteiger partial charge in [-0.1, -0.05) is 17.7 Å². The highest BCUT2D eigenvalue weighted by molar-refractivity contribution is 7.97. The van der Waals surface area contributed by atoms with Crippen LogP contribution in [0, 0.1) is 6.92 Å². The van der Waals surface area contributed by atoms with E-state index in [0.29, 0.717) is 0 Å². The monoisotopic (exact) mass is 223 g/mol. The number of nitrogens with zero attached hydrogens (tertiary/aromatic N) is 2. The minimum absolute atomic E-state index is 0.957. The Balaban J connectivity index is 1.89. The molecule has 15 heavy (non-hydrogen) atoms. The van der Waals surface area contributed by atoms with Crippen LogP contribution in [0.4, 0.5) is 0 Å². The molecule has 1 aromatic carbocycles. The lowest BCUT2D eigenvalue weighted by molar-refractivity contribution is 0.200. The number of hydrazine groups is 1. The number of nitrogens with two attached hydrogens (primary N) is 1. The lowest BCUT2D eigenvalue weighted by Gasteiger charge is -2.30. The molecule has 1 fully saturated rings. The van der Waals surface area contributed by atoms with Crippen molar-refractivity contribution in [3.8, 4) is 0 Å². The summed E-state index contributed by atoms with van der Waals surface area (Å²) in [5.74, 6) is 5.71. The largest absolute Gasteiger partial charge is 0.269 e. The Morgan fingerprint density at radius 2 is 1.67 bits per heavy atom. The molecule has 0 unspecified atom stereocenters. The van der Waals surface area contributed by atoms with Gasteiger partial charge in [0.1, 0.15) is 0 Å². The van der Waals surface area contributed by atoms with Gasteiger partial charge in [0.05, 0.1) is 0 Å². The Morgan fingerprint density at radius 1 is 1.07 bits per heavy atom. The average Bonchev–Trinajstić information content (AvgIpc) is 2.25. The van der Waals surface area contributed by atoms with E-state index in [0.717, 1.165) is 26.2 Å². The Hall–Kier alpha value is -0.550. The molecule has 1 saturated heterocycles. The van der Waals surface area contributed by atoms with Crippen LogP contribution < -0.4 is 5.84 Å². The van der Waals surface area contributed by atoms with Gasteiger partial charge in [0.25, 0.3) is 0 Å². The summed E-state index contributed by atoms with van der Waals surface area (Å²) in [6.07, 6.45) is 0. The van der Waals surface area contributed by atoms with E-state index < -0.39 is 0 Å². The maximum atomic E-state index is 5.71. The number of aryl methyl sites for hydroxylation is 1. The van der Waals surface area contributed by atoms with Gasteiger partial charge in [-0.15, -0.1) is 0 Å². The van der Waals surface area contributed by atoms with Crippen LogP contribution in [0.1, 0.15) is 5.56 Å². The van der Waals surface area contributed by atoms with Crippen molar-refractivity contribution in [3.05, 3.63) is 29.8 Å². The van der Waals surface area contributed by atoms with Gasteiger partial charge in [-0.25, -0.2) is 9.31 Å². The first kappa shape index (κ1) is 11.0. The summed E-state index contributed by atoms with van der Waals surface area (Å²) in [6.45, 7) is 6.10. The smallest absolute Gasteiger partial charge is 0.0266 e. The second-order valence-electron chi connectivity index (χ2n) is 3.87. The average molecular weight is 223 g/mol. The van der Waals surface area contributed by atoms with Gasteiger partial charge in [0.15, 0.2) is 0 Å². The van der Waals surface area contributed by atoms with E-state index in [1.54, 1.807) is 0 Å². The van der Waals surface area contributed by atoms with Crippen LogP contribution in [-0.4, -0.2) is 35.5 Å². The molecule has 2 N–H and O–H groups in total. The zero-order valence-corrected chi connectivity index (χ0v) is 9.83. The molecular weight excluding hydrogens is 206 g/mol. The second-order valence-corrected chi connectivity index (χ2v) is 5.04. The fourth-order valence-electron chi connectivity index (χ4n) is 1.54. The summed E-state index contributed by atoms with van der Waals surface area (Å²) >= 11 is 1.83. The molecule has 1 heterocycles. The molecule has 4 heteroatoms. The summed E-state index contributed by atoms with van der Waals surface area (Å²) in [7, 11) is 0. The first-order valence-electron chi connectivity index (χ1n) is 5.23. The number of benzene rings is 1. The third kappa shape index (κ3) is 3.21. The Morgan fingerprint density at radius 3 is 2.27 bits per heavy atom. The maximum Gasteiger partial charge on any atom is 0.0266 e. The topological polar surface area (TPSA) is 32.5 Å². The van der Waals surface area contributed by atoms with Gasteiger partial charge in [0, 0.05) is 31.1 Å². The molecular formula is C11H17N3S. The molecule has 2 rings (SSSR count). The number of hydrogen-bond acceptors (Lipinski definition) is 4. The summed E-state index contributed by atoms with van der Waals surface area (Å²) < 4.78 is 2.37. The van der Waals surface area contributed by atoms with Crippen LogP contribution in [0.25, 0.3) is 0 Å². The second kappa shape index (κ2) is 4.99. The van der Waals surface area contributed by atoms with Crippen molar-refractivity contribution < 1.29 is 0 Å². The van der Waals surface area contributed by atoms with Crippen LogP contribution in [0.2, 0.25) is 0 Å². The molecule has 1 aromatic rings. The molecule has 0 bridgehead atoms. The Kier molecular flexibility index (Phi) is 3.64. The van der Waals surface area contributed by atoms with Crippen molar-refractivity contribution in [1.29, 1.82) is 0 Å². The molecule has 82 valence electrons. The minimum atomic E-state index is 0.957. The van der Waals surface area contributed by atoms with Gasteiger partial charge in [-0.05, 0) is 31.0 Å². The van der Waals surface area contributed by atoms with Crippen molar-refractivity contribution in [2.75, 3.05) is 26.2 Å².